The highest BCUT2D eigenvalue weighted by Gasteiger charge is 2.21. The van der Waals surface area contributed by atoms with Crippen LogP contribution >= 0.6 is 31.9 Å². The minimum Gasteiger partial charge on any atom is -0.493 e. The number of nitrogens with one attached hydrogen (secondary N) is 4. The van der Waals surface area contributed by atoms with Crippen molar-refractivity contribution in [3.8, 4) is 112 Å². The van der Waals surface area contributed by atoms with Crippen LogP contribution in [0.3, 0.4) is 0 Å². The first-order valence-corrected chi connectivity index (χ1v) is 48.2. The van der Waals surface area contributed by atoms with E-state index in [0.717, 1.165) is 173 Å². The molecule has 4 heterocycles. The monoisotopic (exact) mass is 1790 g/mol. The number of rotatable bonds is 36. The average Bonchev–Trinajstić information content (AvgIpc) is 1.59. The Labute approximate surface area is 760 Å². The molecular formula is C116H118Br2N4O4. The fourth-order valence-corrected chi connectivity index (χ4v) is 19.1. The maximum Gasteiger partial charge on any atom is 0.119 e. The Balaban J connectivity index is 0.000000669. The van der Waals surface area contributed by atoms with Crippen molar-refractivity contribution in [2.45, 2.75) is 158 Å². The summed E-state index contributed by atoms with van der Waals surface area (Å²) in [4.78, 5) is 15.0. The van der Waals surface area contributed by atoms with Crippen LogP contribution in [0.25, 0.3) is 176 Å². The van der Waals surface area contributed by atoms with Crippen molar-refractivity contribution in [3.05, 3.63) is 288 Å². The lowest BCUT2D eigenvalue weighted by Crippen LogP contribution is -2.11. The summed E-state index contributed by atoms with van der Waals surface area (Å²) in [7, 11) is 0. The van der Waals surface area contributed by atoms with Crippen molar-refractivity contribution in [3.63, 3.8) is 0 Å². The van der Waals surface area contributed by atoms with E-state index in [0.29, 0.717) is 23.7 Å². The van der Waals surface area contributed by atoms with Gasteiger partial charge in [0.15, 0.2) is 0 Å². The van der Waals surface area contributed by atoms with Gasteiger partial charge in [-0.2, -0.15) is 0 Å². The smallest absolute Gasteiger partial charge is 0.119 e. The van der Waals surface area contributed by atoms with Gasteiger partial charge in [-0.25, -0.2) is 0 Å². The predicted octanol–water partition coefficient (Wildman–Crippen LogP) is 35.2. The number of fused-ring (bicyclic) bond motifs is 12. The first-order chi connectivity index (χ1) is 61.8. The lowest BCUT2D eigenvalue weighted by atomic mass is 9.93. The molecule has 0 aliphatic rings. The third-order valence-electron chi connectivity index (χ3n) is 26.5. The number of hydrogen-bond donors (Lipinski definition) is 4. The van der Waals surface area contributed by atoms with Crippen LogP contribution in [-0.2, 0) is 0 Å². The molecule has 8 nitrogen and oxygen atoms in total. The molecule has 10 heteroatoms. The summed E-state index contributed by atoms with van der Waals surface area (Å²) in [5, 5.41) is 9.68. The van der Waals surface area contributed by atoms with Crippen LogP contribution in [0.2, 0.25) is 0 Å². The molecule has 126 heavy (non-hydrogen) atoms. The second-order valence-electron chi connectivity index (χ2n) is 35.0. The Kier molecular flexibility index (Phi) is 27.7. The predicted molar refractivity (Wildman–Crippen MR) is 544 cm³/mol. The van der Waals surface area contributed by atoms with Crippen molar-refractivity contribution >= 4 is 119 Å². The number of aromatic amines is 4. The van der Waals surface area contributed by atoms with Crippen LogP contribution in [0.1, 0.15) is 158 Å². The Morgan fingerprint density at radius 1 is 0.214 bits per heavy atom. The Morgan fingerprint density at radius 2 is 0.429 bits per heavy atom. The number of halogens is 2. The summed E-state index contributed by atoms with van der Waals surface area (Å²) in [6, 6.07) is 103. The van der Waals surface area contributed by atoms with E-state index in [1.165, 1.54) is 165 Å². The van der Waals surface area contributed by atoms with Crippen LogP contribution in [0, 0.1) is 23.7 Å². The summed E-state index contributed by atoms with van der Waals surface area (Å²) in [6.45, 7) is 21.2. The van der Waals surface area contributed by atoms with Crippen LogP contribution < -0.4 is 18.9 Å². The second kappa shape index (κ2) is 40.4. The molecule has 0 fully saturated rings. The molecule has 0 spiro atoms. The number of H-pyrrole nitrogens is 4. The van der Waals surface area contributed by atoms with Gasteiger partial charge in [-0.15, -0.1) is 0 Å². The zero-order chi connectivity index (χ0) is 86.6. The normalized spacial score (nSPS) is 12.7. The summed E-state index contributed by atoms with van der Waals surface area (Å²) in [5.41, 5.74) is 27.6. The number of unbranched alkanes of at least 4 members (excludes halogenated alkanes) is 4. The molecule has 4 unspecified atom stereocenters. The van der Waals surface area contributed by atoms with Crippen molar-refractivity contribution in [1.29, 1.82) is 0 Å². The SMILES string of the molecule is Brc1ccc2[nH]c3ccc(Br)cc3c2c1.CCCCC(CC)COc1ccc(-c2ccc3[nH]c4c(-c5ccc(-c6ccc7[nH]c8ccc(-c9ccc(-c%10cc(-c%11ccc(OCC(CC)CCCC)cc%11)cc%11c%10[nH]c%10ccc(-c%12ccc(OCC(CC)CCCC)cc%12)cc%10%11)cc9)cc8c7c6)cc5)cc(-c5ccc(OCC(CC)CCCC)cc5)cc4c3c2)cc1. The molecule has 0 aliphatic heterocycles. The highest BCUT2D eigenvalue weighted by atomic mass is 79.9. The third-order valence-corrected chi connectivity index (χ3v) is 27.4. The van der Waals surface area contributed by atoms with E-state index in [1.807, 2.05) is 12.1 Å². The summed E-state index contributed by atoms with van der Waals surface area (Å²) < 4.78 is 27.8. The highest BCUT2D eigenvalue weighted by molar-refractivity contribution is 9.10. The van der Waals surface area contributed by atoms with Gasteiger partial charge >= 0.3 is 0 Å². The van der Waals surface area contributed by atoms with Crippen LogP contribution in [0.5, 0.6) is 23.0 Å². The van der Waals surface area contributed by atoms with Crippen LogP contribution in [0.15, 0.2) is 288 Å². The second-order valence-corrected chi connectivity index (χ2v) is 36.8. The van der Waals surface area contributed by atoms with Gasteiger partial charge < -0.3 is 38.9 Å². The van der Waals surface area contributed by atoms with Crippen LogP contribution in [0.4, 0.5) is 0 Å². The first kappa shape index (κ1) is 86.6. The lowest BCUT2D eigenvalue weighted by Gasteiger charge is -2.16. The van der Waals surface area contributed by atoms with E-state index in [2.05, 4.69) is 374 Å². The Bertz CT molecular complexity index is 6330. The molecule has 18 aromatic rings. The topological polar surface area (TPSA) is 100 Å². The first-order valence-electron chi connectivity index (χ1n) is 46.6. The molecule has 0 saturated carbocycles. The van der Waals surface area contributed by atoms with E-state index >= 15 is 0 Å². The maximum atomic E-state index is 6.44. The van der Waals surface area contributed by atoms with Gasteiger partial charge in [0.05, 0.1) is 37.5 Å². The van der Waals surface area contributed by atoms with Gasteiger partial charge in [0.1, 0.15) is 23.0 Å². The van der Waals surface area contributed by atoms with Gasteiger partial charge in [0.2, 0.25) is 0 Å². The van der Waals surface area contributed by atoms with Crippen LogP contribution in [-0.4, -0.2) is 46.4 Å². The Morgan fingerprint density at radius 3 is 0.698 bits per heavy atom. The zero-order valence-corrected chi connectivity index (χ0v) is 77.6. The van der Waals surface area contributed by atoms with Crippen molar-refractivity contribution in [2.24, 2.45) is 23.7 Å². The van der Waals surface area contributed by atoms with Crippen molar-refractivity contribution < 1.29 is 18.9 Å². The molecule has 0 bridgehead atoms. The molecule has 640 valence electrons. The third kappa shape index (κ3) is 19.7. The quantitative estimate of drug-likeness (QED) is 0.0314. The minimum atomic E-state index is 0.563. The molecule has 0 radical (unpaired) electrons. The van der Waals surface area contributed by atoms with Gasteiger partial charge in [-0.1, -0.05) is 286 Å². The molecule has 4 aromatic heterocycles. The molecule has 14 aromatic carbocycles. The molecule has 0 amide bonds. The van der Waals surface area contributed by atoms with Gasteiger partial charge in [-0.3, -0.25) is 0 Å². The number of aromatic nitrogens is 4. The molecular weight excluding hydrogens is 1670 g/mol. The van der Waals surface area contributed by atoms with Gasteiger partial charge in [0, 0.05) is 96.3 Å². The van der Waals surface area contributed by atoms with E-state index in [4.69, 9.17) is 18.9 Å². The minimum absolute atomic E-state index is 0.563. The molecule has 0 aliphatic carbocycles. The fraction of sp³-hybridized carbons (Fsp3) is 0.276. The van der Waals surface area contributed by atoms with E-state index < -0.39 is 0 Å². The van der Waals surface area contributed by atoms with E-state index in [-0.39, 0.29) is 0 Å². The fourth-order valence-electron chi connectivity index (χ4n) is 18.4. The largest absolute Gasteiger partial charge is 0.493 e. The average molecular weight is 1790 g/mol. The summed E-state index contributed by atoms with van der Waals surface area (Å²) in [6.07, 6.45) is 19.2. The van der Waals surface area contributed by atoms with E-state index in [1.54, 1.807) is 0 Å². The van der Waals surface area contributed by atoms with Crippen molar-refractivity contribution in [2.75, 3.05) is 26.4 Å². The van der Waals surface area contributed by atoms with Gasteiger partial charge in [-0.05, 0) is 285 Å². The van der Waals surface area contributed by atoms with Crippen molar-refractivity contribution in [1.82, 2.24) is 19.9 Å². The molecule has 4 atom stereocenters. The lowest BCUT2D eigenvalue weighted by molar-refractivity contribution is 0.233. The summed E-state index contributed by atoms with van der Waals surface area (Å²) >= 11 is 6.99. The molecule has 0 saturated heterocycles. The standard InChI is InChI=1S/C104H111N3O4.C12H7Br2N/c1-9-17-21-69(13-5)65-108-87-45-33-75(34-46-87)83-43-55-101-95(59-83)97-63-85(77-37-49-89(50-38-77)110-67-71(15-7)23-19-11-3)61-91(103(97)106-101)79-29-25-73(26-30-79)81-41-53-99-93(57-81)94-58-82(42-54-100(94)105-99)74-27-31-80(32-28-74)92-62-86(78-39-51-90(52-40-78)111-68-72(16-8)24-20-12-4)64-98-96-60-84(44-56-102(96)107-104(92)98)76-35-47-88(48-36-76)109-66-70(14-6)22-18-10-2;13-7-1-3-11-9(5-7)10-6-8(14)2-4-12(10)15-11/h25-64,69-72,105-107H,9-24,65-68H2,1-8H3;1-6,15H. The maximum absolute atomic E-state index is 6.44. The zero-order valence-electron chi connectivity index (χ0n) is 74.4. The van der Waals surface area contributed by atoms with E-state index in [9.17, 15) is 0 Å². The molecule has 18 rings (SSSR count). The number of hydrogen-bond acceptors (Lipinski definition) is 4. The highest BCUT2D eigenvalue weighted by Crippen LogP contribution is 2.45. The Hall–Kier alpha value is -11.6. The van der Waals surface area contributed by atoms with Gasteiger partial charge in [0.25, 0.3) is 0 Å². The summed E-state index contributed by atoms with van der Waals surface area (Å²) in [5.74, 6) is 5.98. The number of ether oxygens (including phenoxy) is 4. The molecule has 4 N–H and O–H groups in total. The number of benzene rings is 14.